The summed E-state index contributed by atoms with van der Waals surface area (Å²) in [5.74, 6) is 0.271. The third kappa shape index (κ3) is 3.65. The summed E-state index contributed by atoms with van der Waals surface area (Å²) in [6, 6.07) is 3.74. The fraction of sp³-hybridized carbons (Fsp3) is 0.467. The van der Waals surface area contributed by atoms with Crippen molar-refractivity contribution in [2.45, 2.75) is 38.8 Å². The molecular weight excluding hydrogens is 295 g/mol. The Morgan fingerprint density at radius 3 is 2.59 bits per heavy atom. The molecule has 2 heterocycles. The second-order valence-corrected chi connectivity index (χ2v) is 5.34. The van der Waals surface area contributed by atoms with Crippen LogP contribution in [0.5, 0.6) is 0 Å². The van der Waals surface area contributed by atoms with Crippen LogP contribution >= 0.6 is 0 Å². The molecule has 2 aromatic rings. The lowest BCUT2D eigenvalue weighted by Crippen LogP contribution is -2.10. The molecule has 0 bridgehead atoms. The molecule has 2 rings (SSSR count). The Morgan fingerprint density at radius 2 is 2.00 bits per heavy atom. The summed E-state index contributed by atoms with van der Waals surface area (Å²) in [4.78, 5) is 3.63. The number of aliphatic hydroxyl groups is 1. The largest absolute Gasteiger partial charge is 0.433 e. The molecule has 0 saturated carbocycles. The standard InChI is InChI=1S/C15H18F3N3O/c1-10(2)14-11(5-4-8-22)9-21(20-14)13-7-3-6-12(19-13)15(16,17)18/h3,6-7,9-10,22H,4-5,8H2,1-2H3. The average molecular weight is 313 g/mol. The highest BCUT2D eigenvalue weighted by Gasteiger charge is 2.32. The van der Waals surface area contributed by atoms with Gasteiger partial charge in [0.25, 0.3) is 0 Å². The maximum absolute atomic E-state index is 12.7. The van der Waals surface area contributed by atoms with Crippen molar-refractivity contribution in [2.75, 3.05) is 6.61 Å². The fourth-order valence-electron chi connectivity index (χ4n) is 2.20. The third-order valence-corrected chi connectivity index (χ3v) is 3.23. The van der Waals surface area contributed by atoms with E-state index in [0.717, 1.165) is 17.3 Å². The van der Waals surface area contributed by atoms with Gasteiger partial charge in [-0.1, -0.05) is 19.9 Å². The van der Waals surface area contributed by atoms with Crippen molar-refractivity contribution >= 4 is 0 Å². The second kappa shape index (κ2) is 6.48. The highest BCUT2D eigenvalue weighted by molar-refractivity contribution is 5.29. The lowest BCUT2D eigenvalue weighted by Gasteiger charge is -2.07. The SMILES string of the molecule is CC(C)c1nn(-c2cccc(C(F)(F)F)n2)cc1CCCO. The normalized spacial score (nSPS) is 12.1. The minimum absolute atomic E-state index is 0.0600. The summed E-state index contributed by atoms with van der Waals surface area (Å²) in [6.07, 6.45) is -1.58. The Labute approximate surface area is 126 Å². The maximum atomic E-state index is 12.7. The highest BCUT2D eigenvalue weighted by Crippen LogP contribution is 2.28. The van der Waals surface area contributed by atoms with E-state index in [4.69, 9.17) is 5.11 Å². The summed E-state index contributed by atoms with van der Waals surface area (Å²) in [5, 5.41) is 13.3. The summed E-state index contributed by atoms with van der Waals surface area (Å²) < 4.78 is 39.6. The number of hydrogen-bond acceptors (Lipinski definition) is 3. The first-order valence-corrected chi connectivity index (χ1v) is 7.07. The van der Waals surface area contributed by atoms with Crippen molar-refractivity contribution in [2.24, 2.45) is 0 Å². The van der Waals surface area contributed by atoms with E-state index in [-0.39, 0.29) is 18.3 Å². The molecule has 0 saturated heterocycles. The number of aliphatic hydroxyl groups excluding tert-OH is 1. The van der Waals surface area contributed by atoms with Gasteiger partial charge in [0, 0.05) is 12.8 Å². The van der Waals surface area contributed by atoms with Crippen LogP contribution in [-0.4, -0.2) is 26.5 Å². The van der Waals surface area contributed by atoms with Crippen molar-refractivity contribution in [3.05, 3.63) is 41.3 Å². The summed E-state index contributed by atoms with van der Waals surface area (Å²) in [7, 11) is 0. The molecule has 0 atom stereocenters. The molecule has 2 aromatic heterocycles. The zero-order valence-electron chi connectivity index (χ0n) is 12.4. The van der Waals surface area contributed by atoms with E-state index >= 15 is 0 Å². The number of halogens is 3. The predicted molar refractivity (Wildman–Crippen MR) is 75.9 cm³/mol. The number of pyridine rings is 1. The molecule has 0 spiro atoms. The Kier molecular flexibility index (Phi) is 4.85. The quantitative estimate of drug-likeness (QED) is 0.921. The number of aromatic nitrogens is 3. The average Bonchev–Trinajstić information content (AvgIpc) is 2.88. The monoisotopic (exact) mass is 313 g/mol. The van der Waals surface area contributed by atoms with Gasteiger partial charge in [-0.3, -0.25) is 0 Å². The van der Waals surface area contributed by atoms with Crippen LogP contribution in [0.2, 0.25) is 0 Å². The van der Waals surface area contributed by atoms with Gasteiger partial charge >= 0.3 is 6.18 Å². The second-order valence-electron chi connectivity index (χ2n) is 5.34. The zero-order chi connectivity index (χ0) is 16.3. The summed E-state index contributed by atoms with van der Waals surface area (Å²) >= 11 is 0. The Balaban J connectivity index is 2.40. The lowest BCUT2D eigenvalue weighted by molar-refractivity contribution is -0.141. The van der Waals surface area contributed by atoms with Crippen LogP contribution in [0.4, 0.5) is 13.2 Å². The van der Waals surface area contributed by atoms with Crippen LogP contribution < -0.4 is 0 Å². The third-order valence-electron chi connectivity index (χ3n) is 3.23. The first-order chi connectivity index (χ1) is 10.3. The molecular formula is C15H18F3N3O. The Hall–Kier alpha value is -1.89. The van der Waals surface area contributed by atoms with E-state index in [9.17, 15) is 13.2 Å². The number of nitrogens with zero attached hydrogens (tertiary/aromatic N) is 3. The topological polar surface area (TPSA) is 50.9 Å². The summed E-state index contributed by atoms with van der Waals surface area (Å²) in [5.41, 5.74) is 0.791. The molecule has 0 radical (unpaired) electrons. The molecule has 0 fully saturated rings. The van der Waals surface area contributed by atoms with Gasteiger partial charge in [-0.15, -0.1) is 0 Å². The van der Waals surface area contributed by atoms with Gasteiger partial charge < -0.3 is 5.11 Å². The molecule has 0 unspecified atom stereocenters. The highest BCUT2D eigenvalue weighted by atomic mass is 19.4. The molecule has 0 aliphatic rings. The number of hydrogen-bond donors (Lipinski definition) is 1. The van der Waals surface area contributed by atoms with Crippen LogP contribution in [0.3, 0.4) is 0 Å². The van der Waals surface area contributed by atoms with Crippen LogP contribution in [0, 0.1) is 0 Å². The van der Waals surface area contributed by atoms with Gasteiger partial charge in [0.2, 0.25) is 0 Å². The molecule has 22 heavy (non-hydrogen) atoms. The van der Waals surface area contributed by atoms with Crippen LogP contribution in [0.25, 0.3) is 5.82 Å². The van der Waals surface area contributed by atoms with Gasteiger partial charge in [0.1, 0.15) is 5.69 Å². The molecule has 120 valence electrons. The number of aryl methyl sites for hydroxylation is 1. The maximum Gasteiger partial charge on any atom is 0.433 e. The number of rotatable bonds is 5. The van der Waals surface area contributed by atoms with Crippen molar-refractivity contribution < 1.29 is 18.3 Å². The Morgan fingerprint density at radius 1 is 1.27 bits per heavy atom. The fourth-order valence-corrected chi connectivity index (χ4v) is 2.20. The van der Waals surface area contributed by atoms with Gasteiger partial charge in [-0.2, -0.15) is 18.3 Å². The van der Waals surface area contributed by atoms with E-state index in [0.29, 0.717) is 12.8 Å². The van der Waals surface area contributed by atoms with Crippen molar-refractivity contribution in [3.63, 3.8) is 0 Å². The lowest BCUT2D eigenvalue weighted by atomic mass is 10.0. The number of alkyl halides is 3. The van der Waals surface area contributed by atoms with E-state index in [1.807, 2.05) is 13.8 Å². The molecule has 0 aromatic carbocycles. The van der Waals surface area contributed by atoms with Crippen LogP contribution in [0.1, 0.15) is 43.1 Å². The zero-order valence-corrected chi connectivity index (χ0v) is 12.4. The summed E-state index contributed by atoms with van der Waals surface area (Å²) in [6.45, 7) is 3.99. The van der Waals surface area contributed by atoms with Gasteiger partial charge in [0.05, 0.1) is 5.69 Å². The Bertz CT molecular complexity index is 635. The van der Waals surface area contributed by atoms with Crippen molar-refractivity contribution in [1.82, 2.24) is 14.8 Å². The molecule has 0 amide bonds. The first-order valence-electron chi connectivity index (χ1n) is 7.07. The minimum atomic E-state index is -4.48. The molecule has 0 aliphatic heterocycles. The molecule has 4 nitrogen and oxygen atoms in total. The van der Waals surface area contributed by atoms with Gasteiger partial charge in [0.15, 0.2) is 5.82 Å². The van der Waals surface area contributed by atoms with Gasteiger partial charge in [-0.25, -0.2) is 9.67 Å². The van der Waals surface area contributed by atoms with E-state index in [2.05, 4.69) is 10.1 Å². The molecule has 1 N–H and O–H groups in total. The molecule has 0 aliphatic carbocycles. The van der Waals surface area contributed by atoms with E-state index in [1.54, 1.807) is 6.20 Å². The van der Waals surface area contributed by atoms with Crippen LogP contribution in [-0.2, 0) is 12.6 Å². The first kappa shape index (κ1) is 16.5. The van der Waals surface area contributed by atoms with Crippen molar-refractivity contribution in [1.29, 1.82) is 0 Å². The van der Waals surface area contributed by atoms with Gasteiger partial charge in [-0.05, 0) is 36.5 Å². The van der Waals surface area contributed by atoms with E-state index < -0.39 is 11.9 Å². The van der Waals surface area contributed by atoms with Crippen LogP contribution in [0.15, 0.2) is 24.4 Å². The van der Waals surface area contributed by atoms with Crippen molar-refractivity contribution in [3.8, 4) is 5.82 Å². The predicted octanol–water partition coefficient (Wildman–Crippen LogP) is 3.33. The smallest absolute Gasteiger partial charge is 0.396 e. The van der Waals surface area contributed by atoms with E-state index in [1.165, 1.54) is 16.8 Å². The molecule has 7 heteroatoms. The minimum Gasteiger partial charge on any atom is -0.396 e.